The first kappa shape index (κ1) is 12.6. The van der Waals surface area contributed by atoms with Crippen LogP contribution in [0.1, 0.15) is 44.6 Å². The minimum Gasteiger partial charge on any atom is -0.314 e. The van der Waals surface area contributed by atoms with E-state index >= 15 is 0 Å². The highest BCUT2D eigenvalue weighted by Gasteiger charge is 2.29. The summed E-state index contributed by atoms with van der Waals surface area (Å²) in [6, 6.07) is 11.6. The maximum Gasteiger partial charge on any atom is 0.00952 e. The Hall–Kier alpha value is -0.820. The normalized spacial score (nSPS) is 17.0. The molecule has 0 bridgehead atoms. The smallest absolute Gasteiger partial charge is 0.00952 e. The molecule has 0 saturated heterocycles. The molecule has 1 aliphatic carbocycles. The van der Waals surface area contributed by atoms with Crippen LogP contribution in [0, 0.1) is 5.92 Å². The van der Waals surface area contributed by atoms with E-state index in [-0.39, 0.29) is 0 Å². The van der Waals surface area contributed by atoms with Gasteiger partial charge in [-0.1, -0.05) is 43.7 Å². The van der Waals surface area contributed by atoms with Gasteiger partial charge in [-0.05, 0) is 50.1 Å². The molecule has 1 aromatic rings. The maximum absolute atomic E-state index is 3.75. The zero-order valence-corrected chi connectivity index (χ0v) is 11.0. The van der Waals surface area contributed by atoms with Crippen LogP contribution in [0.5, 0.6) is 0 Å². The first-order chi connectivity index (χ1) is 8.40. The van der Waals surface area contributed by atoms with Crippen LogP contribution in [-0.2, 0) is 6.42 Å². The van der Waals surface area contributed by atoms with E-state index in [1.807, 2.05) is 0 Å². The Morgan fingerprint density at radius 1 is 1.24 bits per heavy atom. The molecule has 1 N–H and O–H groups in total. The summed E-state index contributed by atoms with van der Waals surface area (Å²) in [4.78, 5) is 0. The van der Waals surface area contributed by atoms with Crippen LogP contribution in [0.4, 0.5) is 0 Å². The Balaban J connectivity index is 1.61. The van der Waals surface area contributed by atoms with Crippen LogP contribution >= 0.6 is 0 Å². The third-order valence-electron chi connectivity index (χ3n) is 3.68. The van der Waals surface area contributed by atoms with Crippen molar-refractivity contribution in [2.75, 3.05) is 6.54 Å². The van der Waals surface area contributed by atoms with Crippen molar-refractivity contribution in [2.24, 2.45) is 5.92 Å². The molecule has 1 nitrogen and oxygen atoms in total. The average molecular weight is 231 g/mol. The third kappa shape index (κ3) is 4.51. The van der Waals surface area contributed by atoms with E-state index < -0.39 is 0 Å². The zero-order valence-electron chi connectivity index (χ0n) is 11.0. The van der Waals surface area contributed by atoms with Gasteiger partial charge >= 0.3 is 0 Å². The molecule has 0 spiro atoms. The van der Waals surface area contributed by atoms with Gasteiger partial charge in [0.15, 0.2) is 0 Å². The second-order valence-corrected chi connectivity index (χ2v) is 5.28. The average Bonchev–Trinajstić information content (AvgIpc) is 3.19. The molecule has 1 fully saturated rings. The Bertz CT molecular complexity index is 303. The van der Waals surface area contributed by atoms with Crippen LogP contribution in [0.25, 0.3) is 0 Å². The molecule has 0 aliphatic heterocycles. The van der Waals surface area contributed by atoms with Crippen molar-refractivity contribution in [1.82, 2.24) is 5.32 Å². The summed E-state index contributed by atoms with van der Waals surface area (Å²) in [6.07, 6.45) is 8.05. The standard InChI is InChI=1S/C16H25N/c1-2-7-16(15-11-12-15)17-13-6-10-14-8-4-3-5-9-14/h3-5,8-9,15-17H,2,6-7,10-13H2,1H3. The first-order valence-corrected chi connectivity index (χ1v) is 7.17. The number of rotatable bonds is 8. The summed E-state index contributed by atoms with van der Waals surface area (Å²) in [5.74, 6) is 0.992. The van der Waals surface area contributed by atoms with Crippen molar-refractivity contribution >= 4 is 0 Å². The van der Waals surface area contributed by atoms with E-state index in [2.05, 4.69) is 42.6 Å². The zero-order chi connectivity index (χ0) is 11.9. The lowest BCUT2D eigenvalue weighted by molar-refractivity contribution is 0.428. The Labute approximate surface area is 106 Å². The van der Waals surface area contributed by atoms with Crippen molar-refractivity contribution in [3.63, 3.8) is 0 Å². The Morgan fingerprint density at radius 3 is 2.65 bits per heavy atom. The predicted octanol–water partition coefficient (Wildman–Crippen LogP) is 3.79. The summed E-state index contributed by atoms with van der Waals surface area (Å²) in [7, 11) is 0. The van der Waals surface area contributed by atoms with E-state index in [1.165, 1.54) is 50.6 Å². The number of aryl methyl sites for hydroxylation is 1. The van der Waals surface area contributed by atoms with E-state index in [0.29, 0.717) is 0 Å². The molecule has 1 atom stereocenters. The molecule has 0 aromatic heterocycles. The van der Waals surface area contributed by atoms with Gasteiger partial charge in [-0.2, -0.15) is 0 Å². The van der Waals surface area contributed by atoms with Gasteiger partial charge in [-0.3, -0.25) is 0 Å². The molecule has 1 heteroatoms. The highest BCUT2D eigenvalue weighted by Crippen LogP contribution is 2.34. The fraction of sp³-hybridized carbons (Fsp3) is 0.625. The lowest BCUT2D eigenvalue weighted by Crippen LogP contribution is -2.31. The highest BCUT2D eigenvalue weighted by molar-refractivity contribution is 5.14. The number of hydrogen-bond donors (Lipinski definition) is 1. The minimum absolute atomic E-state index is 0.802. The van der Waals surface area contributed by atoms with Crippen LogP contribution in [-0.4, -0.2) is 12.6 Å². The number of nitrogens with one attached hydrogen (secondary N) is 1. The lowest BCUT2D eigenvalue weighted by Gasteiger charge is -2.17. The minimum atomic E-state index is 0.802. The SMILES string of the molecule is CCCC(NCCCc1ccccc1)C1CC1. The highest BCUT2D eigenvalue weighted by atomic mass is 14.9. The molecule has 0 amide bonds. The topological polar surface area (TPSA) is 12.0 Å². The molecular formula is C16H25N. The quantitative estimate of drug-likeness (QED) is 0.671. The van der Waals surface area contributed by atoms with Crippen LogP contribution in [0.15, 0.2) is 30.3 Å². The van der Waals surface area contributed by atoms with E-state index in [1.54, 1.807) is 0 Å². The molecular weight excluding hydrogens is 206 g/mol. The largest absolute Gasteiger partial charge is 0.314 e. The van der Waals surface area contributed by atoms with Gasteiger partial charge in [0.05, 0.1) is 0 Å². The fourth-order valence-electron chi connectivity index (χ4n) is 2.54. The molecule has 0 heterocycles. The summed E-state index contributed by atoms with van der Waals surface area (Å²) < 4.78 is 0. The third-order valence-corrected chi connectivity index (χ3v) is 3.68. The first-order valence-electron chi connectivity index (χ1n) is 7.17. The fourth-order valence-corrected chi connectivity index (χ4v) is 2.54. The molecule has 1 unspecified atom stereocenters. The number of hydrogen-bond acceptors (Lipinski definition) is 1. The molecule has 94 valence electrons. The summed E-state index contributed by atoms with van der Waals surface area (Å²) >= 11 is 0. The summed E-state index contributed by atoms with van der Waals surface area (Å²) in [5.41, 5.74) is 1.47. The molecule has 1 saturated carbocycles. The molecule has 1 aromatic carbocycles. The van der Waals surface area contributed by atoms with E-state index in [0.717, 1.165) is 12.0 Å². The van der Waals surface area contributed by atoms with Crippen LogP contribution in [0.2, 0.25) is 0 Å². The van der Waals surface area contributed by atoms with Crippen molar-refractivity contribution in [3.05, 3.63) is 35.9 Å². The molecule has 2 rings (SSSR count). The van der Waals surface area contributed by atoms with Gasteiger partial charge in [0.2, 0.25) is 0 Å². The van der Waals surface area contributed by atoms with Crippen molar-refractivity contribution in [1.29, 1.82) is 0 Å². The van der Waals surface area contributed by atoms with E-state index in [9.17, 15) is 0 Å². The van der Waals surface area contributed by atoms with Gasteiger partial charge in [0.25, 0.3) is 0 Å². The van der Waals surface area contributed by atoms with Crippen LogP contribution < -0.4 is 5.32 Å². The number of benzene rings is 1. The van der Waals surface area contributed by atoms with Gasteiger partial charge in [0.1, 0.15) is 0 Å². The van der Waals surface area contributed by atoms with Crippen molar-refractivity contribution < 1.29 is 0 Å². The summed E-state index contributed by atoms with van der Waals surface area (Å²) in [5, 5.41) is 3.75. The van der Waals surface area contributed by atoms with Crippen molar-refractivity contribution in [2.45, 2.75) is 51.5 Å². The van der Waals surface area contributed by atoms with Crippen LogP contribution in [0.3, 0.4) is 0 Å². The Morgan fingerprint density at radius 2 is 2.00 bits per heavy atom. The molecule has 1 aliphatic rings. The second-order valence-electron chi connectivity index (χ2n) is 5.28. The monoisotopic (exact) mass is 231 g/mol. The molecule has 0 radical (unpaired) electrons. The van der Waals surface area contributed by atoms with E-state index in [4.69, 9.17) is 0 Å². The van der Waals surface area contributed by atoms with Gasteiger partial charge < -0.3 is 5.32 Å². The second kappa shape index (κ2) is 6.80. The summed E-state index contributed by atoms with van der Waals surface area (Å²) in [6.45, 7) is 3.47. The maximum atomic E-state index is 3.75. The Kier molecular flexibility index (Phi) is 5.06. The van der Waals surface area contributed by atoms with Gasteiger partial charge in [-0.25, -0.2) is 0 Å². The lowest BCUT2D eigenvalue weighted by atomic mass is 10.1. The molecule has 17 heavy (non-hydrogen) atoms. The predicted molar refractivity (Wildman–Crippen MR) is 74.2 cm³/mol. The van der Waals surface area contributed by atoms with Gasteiger partial charge in [0, 0.05) is 6.04 Å². The van der Waals surface area contributed by atoms with Gasteiger partial charge in [-0.15, -0.1) is 0 Å². The van der Waals surface area contributed by atoms with Crippen molar-refractivity contribution in [3.8, 4) is 0 Å².